The summed E-state index contributed by atoms with van der Waals surface area (Å²) in [4.78, 5) is 0. The van der Waals surface area contributed by atoms with Gasteiger partial charge in [-0.15, -0.1) is 0 Å². The van der Waals surface area contributed by atoms with Crippen molar-refractivity contribution in [1.82, 2.24) is 0 Å². The largest absolute Gasteiger partial charge is 0.391 e. The van der Waals surface area contributed by atoms with Crippen molar-refractivity contribution in [3.05, 3.63) is 144 Å². The van der Waals surface area contributed by atoms with Gasteiger partial charge in [0.25, 0.3) is 0 Å². The van der Waals surface area contributed by atoms with Crippen LogP contribution in [-0.4, -0.2) is 24.4 Å². The van der Waals surface area contributed by atoms with Gasteiger partial charge < -0.3 is 14.6 Å². The quantitative estimate of drug-likeness (QED) is 0.294. The number of rotatable bonds is 11. The molecule has 0 heterocycles. The molecule has 1 N–H and O–H groups in total. The van der Waals surface area contributed by atoms with E-state index >= 15 is 0 Å². The molecule has 0 aliphatic rings. The van der Waals surface area contributed by atoms with Gasteiger partial charge >= 0.3 is 0 Å². The van der Waals surface area contributed by atoms with Crippen molar-refractivity contribution >= 4 is 0 Å². The van der Waals surface area contributed by atoms with Crippen molar-refractivity contribution in [1.29, 1.82) is 0 Å². The van der Waals surface area contributed by atoms with Crippen molar-refractivity contribution in [3.63, 3.8) is 0 Å². The molecule has 0 saturated carbocycles. The van der Waals surface area contributed by atoms with Crippen molar-refractivity contribution in [2.24, 2.45) is 0 Å². The van der Waals surface area contributed by atoms with Gasteiger partial charge in [-0.2, -0.15) is 0 Å². The van der Waals surface area contributed by atoms with Crippen molar-refractivity contribution < 1.29 is 14.6 Å². The number of ether oxygens (including phenoxy) is 2. The number of hydrogen-bond acceptors (Lipinski definition) is 3. The summed E-state index contributed by atoms with van der Waals surface area (Å²) in [6, 6.07) is 40.8. The van der Waals surface area contributed by atoms with Crippen molar-refractivity contribution in [2.75, 3.05) is 13.2 Å². The highest BCUT2D eigenvalue weighted by Crippen LogP contribution is 2.40. The molecule has 0 aromatic heterocycles. The first-order valence-electron chi connectivity index (χ1n) is 11.4. The molecular weight excluding hydrogens is 408 g/mol. The van der Waals surface area contributed by atoms with Crippen LogP contribution in [0, 0.1) is 0 Å². The Morgan fingerprint density at radius 1 is 0.606 bits per heavy atom. The van der Waals surface area contributed by atoms with Crippen LogP contribution in [0.3, 0.4) is 0 Å². The molecule has 0 aliphatic carbocycles. The minimum Gasteiger partial charge on any atom is -0.391 e. The fraction of sp³-hybridized carbons (Fsp3) is 0.200. The summed E-state index contributed by atoms with van der Waals surface area (Å²) in [7, 11) is 0. The van der Waals surface area contributed by atoms with E-state index in [1.807, 2.05) is 84.9 Å². The minimum absolute atomic E-state index is 0.271. The predicted molar refractivity (Wildman–Crippen MR) is 132 cm³/mol. The molecule has 0 radical (unpaired) electrons. The number of aliphatic hydroxyl groups is 1. The lowest BCUT2D eigenvalue weighted by Gasteiger charge is -2.36. The summed E-state index contributed by atoms with van der Waals surface area (Å²) in [5, 5.41) is 10.5. The summed E-state index contributed by atoms with van der Waals surface area (Å²) >= 11 is 0. The van der Waals surface area contributed by atoms with E-state index in [1.165, 1.54) is 0 Å². The molecule has 33 heavy (non-hydrogen) atoms. The van der Waals surface area contributed by atoms with Crippen LogP contribution >= 0.6 is 0 Å². The molecule has 4 rings (SSSR count). The summed E-state index contributed by atoms with van der Waals surface area (Å²) < 4.78 is 12.4. The Labute approximate surface area is 196 Å². The van der Waals surface area contributed by atoms with Crippen LogP contribution < -0.4 is 0 Å². The van der Waals surface area contributed by atoms with Crippen LogP contribution in [0.25, 0.3) is 0 Å². The molecule has 0 amide bonds. The van der Waals surface area contributed by atoms with Gasteiger partial charge in [-0.3, -0.25) is 0 Å². The molecule has 0 aliphatic heterocycles. The van der Waals surface area contributed by atoms with Crippen molar-refractivity contribution in [3.8, 4) is 0 Å². The summed E-state index contributed by atoms with van der Waals surface area (Å²) in [6.45, 7) is 1.14. The Balaban J connectivity index is 1.51. The molecule has 4 aromatic carbocycles. The molecule has 1 atom stereocenters. The summed E-state index contributed by atoms with van der Waals surface area (Å²) in [6.07, 6.45) is -0.128. The lowest BCUT2D eigenvalue weighted by Crippen LogP contribution is -2.34. The highest BCUT2D eigenvalue weighted by Gasteiger charge is 2.37. The molecule has 3 nitrogen and oxygen atoms in total. The van der Waals surface area contributed by atoms with E-state index in [0.717, 1.165) is 22.3 Å². The van der Waals surface area contributed by atoms with E-state index in [9.17, 15) is 5.11 Å². The van der Waals surface area contributed by atoms with Crippen LogP contribution in [0.2, 0.25) is 0 Å². The molecular formula is C30H30O3. The predicted octanol–water partition coefficient (Wildman–Crippen LogP) is 5.96. The molecule has 1 unspecified atom stereocenters. The first-order chi connectivity index (χ1) is 16.3. The van der Waals surface area contributed by atoms with E-state index in [1.54, 1.807) is 0 Å². The number of aliphatic hydroxyl groups excluding tert-OH is 1. The van der Waals surface area contributed by atoms with Gasteiger partial charge in [0.05, 0.1) is 25.9 Å². The van der Waals surface area contributed by atoms with Gasteiger partial charge in [-0.05, 0) is 28.7 Å². The maximum absolute atomic E-state index is 10.5. The Morgan fingerprint density at radius 3 is 1.48 bits per heavy atom. The number of benzene rings is 4. The highest BCUT2D eigenvalue weighted by atomic mass is 16.5. The zero-order valence-corrected chi connectivity index (χ0v) is 18.7. The first kappa shape index (κ1) is 22.9. The monoisotopic (exact) mass is 438 g/mol. The van der Waals surface area contributed by atoms with Crippen LogP contribution in [0.15, 0.2) is 121 Å². The van der Waals surface area contributed by atoms with Gasteiger partial charge in [0.1, 0.15) is 5.60 Å². The molecule has 0 fully saturated rings. The lowest BCUT2D eigenvalue weighted by atomic mass is 9.80. The second kappa shape index (κ2) is 11.6. The summed E-state index contributed by atoms with van der Waals surface area (Å²) in [5.41, 5.74) is 3.48. The van der Waals surface area contributed by atoms with Crippen LogP contribution in [0.5, 0.6) is 0 Å². The summed E-state index contributed by atoms with van der Waals surface area (Å²) in [5.74, 6) is 0. The minimum atomic E-state index is -0.769. The Kier molecular flexibility index (Phi) is 8.04. The third-order valence-corrected chi connectivity index (χ3v) is 5.73. The average Bonchev–Trinajstić information content (AvgIpc) is 2.89. The smallest absolute Gasteiger partial charge is 0.143 e. The normalized spacial score (nSPS) is 12.4. The van der Waals surface area contributed by atoms with E-state index < -0.39 is 11.7 Å². The van der Waals surface area contributed by atoms with Crippen LogP contribution in [0.4, 0.5) is 0 Å². The maximum Gasteiger partial charge on any atom is 0.143 e. The average molecular weight is 439 g/mol. The zero-order chi connectivity index (χ0) is 22.8. The SMILES string of the molecule is OC(CCOC(c1ccccc1)(c1ccccc1)c1ccccc1)COCc1ccccc1. The second-order valence-corrected chi connectivity index (χ2v) is 8.07. The fourth-order valence-electron chi connectivity index (χ4n) is 4.09. The Bertz CT molecular complexity index is 970. The first-order valence-corrected chi connectivity index (χ1v) is 11.4. The second-order valence-electron chi connectivity index (χ2n) is 8.07. The standard InChI is InChI=1S/C30H30O3/c31-29(24-32-23-25-13-5-1-6-14-25)21-22-33-30(26-15-7-2-8-16-26,27-17-9-3-10-18-27)28-19-11-4-12-20-28/h1-20,29,31H,21-24H2. The maximum atomic E-state index is 10.5. The van der Waals surface area contributed by atoms with Crippen LogP contribution in [0.1, 0.15) is 28.7 Å². The van der Waals surface area contributed by atoms with E-state index in [2.05, 4.69) is 36.4 Å². The molecule has 0 saturated heterocycles. The lowest BCUT2D eigenvalue weighted by molar-refractivity contribution is -0.0265. The molecule has 168 valence electrons. The Morgan fingerprint density at radius 2 is 1.03 bits per heavy atom. The van der Waals surface area contributed by atoms with Gasteiger partial charge in [0, 0.05) is 0 Å². The highest BCUT2D eigenvalue weighted by molar-refractivity contribution is 5.47. The van der Waals surface area contributed by atoms with Crippen LogP contribution in [-0.2, 0) is 21.7 Å². The topological polar surface area (TPSA) is 38.7 Å². The van der Waals surface area contributed by atoms with Gasteiger partial charge in [-0.25, -0.2) is 0 Å². The number of hydrogen-bond donors (Lipinski definition) is 1. The zero-order valence-electron chi connectivity index (χ0n) is 18.7. The van der Waals surface area contributed by atoms with Gasteiger partial charge in [-0.1, -0.05) is 121 Å². The van der Waals surface area contributed by atoms with E-state index in [-0.39, 0.29) is 6.61 Å². The van der Waals surface area contributed by atoms with E-state index in [4.69, 9.17) is 9.47 Å². The molecule has 4 aromatic rings. The van der Waals surface area contributed by atoms with E-state index in [0.29, 0.717) is 19.6 Å². The Hall–Kier alpha value is -3.24. The molecule has 0 bridgehead atoms. The third-order valence-electron chi connectivity index (χ3n) is 5.73. The van der Waals surface area contributed by atoms with Gasteiger partial charge in [0.15, 0.2) is 0 Å². The van der Waals surface area contributed by atoms with Crippen molar-refractivity contribution in [2.45, 2.75) is 24.7 Å². The molecule has 3 heteroatoms. The van der Waals surface area contributed by atoms with Gasteiger partial charge in [0.2, 0.25) is 0 Å². The molecule has 0 spiro atoms. The third kappa shape index (κ3) is 5.77. The fourth-order valence-corrected chi connectivity index (χ4v) is 4.09.